The Morgan fingerprint density at radius 3 is 1.47 bits per heavy atom. The number of amides is 4. The first-order valence-electron chi connectivity index (χ1n) is 17.5. The number of rotatable bonds is 17. The van der Waals surface area contributed by atoms with Crippen LogP contribution in [-0.4, -0.2) is 129 Å². The molecule has 51 heavy (non-hydrogen) atoms. The van der Waals surface area contributed by atoms with Crippen LogP contribution in [-0.2, 0) is 0 Å². The van der Waals surface area contributed by atoms with Crippen LogP contribution in [0, 0.1) is 0 Å². The quantitative estimate of drug-likeness (QED) is 0.0575. The van der Waals surface area contributed by atoms with Gasteiger partial charge in [-0.2, -0.15) is 0 Å². The molecule has 0 unspecified atom stereocenters. The molecule has 0 aliphatic carbocycles. The summed E-state index contributed by atoms with van der Waals surface area (Å²) < 4.78 is 0.891. The van der Waals surface area contributed by atoms with Gasteiger partial charge in [-0.25, -0.2) is 0 Å². The van der Waals surface area contributed by atoms with Crippen molar-refractivity contribution in [1.82, 2.24) is 14.7 Å². The third-order valence-corrected chi connectivity index (χ3v) is 11.6. The van der Waals surface area contributed by atoms with E-state index < -0.39 is 0 Å². The summed E-state index contributed by atoms with van der Waals surface area (Å²) in [6.45, 7) is 4.12. The van der Waals surface area contributed by atoms with Gasteiger partial charge in [-0.05, 0) is 63.5 Å². The fourth-order valence-corrected chi connectivity index (χ4v) is 8.68. The molecule has 6 rings (SSSR count). The maximum absolute atomic E-state index is 13.6. The van der Waals surface area contributed by atoms with Crippen LogP contribution >= 0.6 is 21.6 Å². The minimum Gasteiger partial charge on any atom is -0.384 e. The summed E-state index contributed by atoms with van der Waals surface area (Å²) in [5.41, 5.74) is 4.01. The molecule has 2 aliphatic heterocycles. The molecular weight excluding hydrogens is 681 g/mol. The maximum atomic E-state index is 13.6. The predicted octanol–water partition coefficient (Wildman–Crippen LogP) is 6.14. The molecule has 10 nitrogen and oxygen atoms in total. The molecule has 0 bridgehead atoms. The lowest BCUT2D eigenvalue weighted by atomic mass is 9.93. The Bertz CT molecular complexity index is 1950. The van der Waals surface area contributed by atoms with Crippen LogP contribution in [0.15, 0.2) is 60.7 Å². The maximum Gasteiger partial charge on any atom is 0.261 e. The van der Waals surface area contributed by atoms with Crippen molar-refractivity contribution in [1.29, 1.82) is 0 Å². The van der Waals surface area contributed by atoms with Crippen molar-refractivity contribution in [3.8, 4) is 0 Å². The Morgan fingerprint density at radius 2 is 1.04 bits per heavy atom. The molecule has 0 saturated carbocycles. The topological polar surface area (TPSA) is 102 Å². The number of quaternary nitrogens is 1. The average molecular weight is 728 g/mol. The van der Waals surface area contributed by atoms with Crippen molar-refractivity contribution in [3.05, 3.63) is 82.9 Å². The van der Waals surface area contributed by atoms with Gasteiger partial charge in [0.1, 0.15) is 0 Å². The molecule has 0 fully saturated rings. The lowest BCUT2D eigenvalue weighted by Gasteiger charge is -2.28. The highest BCUT2D eigenvalue weighted by atomic mass is 33.1. The Kier molecular flexibility index (Phi) is 11.3. The molecule has 12 heteroatoms. The van der Waals surface area contributed by atoms with Gasteiger partial charge < -0.3 is 20.0 Å². The minimum absolute atomic E-state index is 0.262. The lowest BCUT2D eigenvalue weighted by molar-refractivity contribution is -0.870. The minimum atomic E-state index is -0.284. The second-order valence-electron chi connectivity index (χ2n) is 14.3. The first kappa shape index (κ1) is 36.7. The van der Waals surface area contributed by atoms with E-state index in [1.807, 2.05) is 62.6 Å². The molecule has 0 radical (unpaired) electrons. The third-order valence-electron chi connectivity index (χ3n) is 9.28. The first-order valence-corrected chi connectivity index (χ1v) is 20.0. The second kappa shape index (κ2) is 15.6. The molecule has 2 heterocycles. The van der Waals surface area contributed by atoms with Crippen LogP contribution in [0.25, 0.3) is 21.5 Å². The smallest absolute Gasteiger partial charge is 0.261 e. The molecule has 0 saturated heterocycles. The van der Waals surface area contributed by atoms with E-state index in [9.17, 15) is 19.2 Å². The number of nitrogens with zero attached hydrogens (tertiary/aromatic N) is 4. The fourth-order valence-electron chi connectivity index (χ4n) is 6.78. The zero-order chi connectivity index (χ0) is 36.3. The van der Waals surface area contributed by atoms with E-state index in [0.29, 0.717) is 44.5 Å². The Morgan fingerprint density at radius 1 is 0.608 bits per heavy atom. The van der Waals surface area contributed by atoms with Gasteiger partial charge in [-0.1, -0.05) is 45.9 Å². The fraction of sp³-hybridized carbons (Fsp3) is 0.385. The van der Waals surface area contributed by atoms with E-state index in [2.05, 4.69) is 36.7 Å². The monoisotopic (exact) mass is 727 g/mol. The van der Waals surface area contributed by atoms with Crippen LogP contribution in [0.3, 0.4) is 0 Å². The molecule has 0 spiro atoms. The highest BCUT2D eigenvalue weighted by Gasteiger charge is 2.34. The van der Waals surface area contributed by atoms with Gasteiger partial charge in [0.25, 0.3) is 23.6 Å². The summed E-state index contributed by atoms with van der Waals surface area (Å²) in [6, 6.07) is 18.8. The van der Waals surface area contributed by atoms with Crippen molar-refractivity contribution in [3.63, 3.8) is 0 Å². The van der Waals surface area contributed by atoms with E-state index in [1.165, 1.54) is 31.4 Å². The normalized spacial score (nSPS) is 14.4. The standard InChI is InChI=1S/C39H46N6O4S2/c1-42(2)20-8-18-40-32-16-14-30-34-26(32)10-6-12-28(34)36(46)43(38(30)48)21-24-50-51-25-22-44-37(47)29-13-7-11-27-33(41-19-9-23-45(3,4)5)17-15-31(35(27)29)39(44)49/h6-7,10-17H,8-9,18-25H2,1-5H3,(H-,40,41,46,47,48,49)/p+1. The van der Waals surface area contributed by atoms with Gasteiger partial charge in [-0.3, -0.25) is 29.0 Å². The number of nitrogens with one attached hydrogen (secondary N) is 2. The number of benzene rings is 4. The Hall–Kier alpha value is -4.10. The SMILES string of the molecule is CN(C)CCCNc1ccc2c3c(cccc13)C(=O)N(CCSSCCN1C(=O)c3cccc4c(NCCC[N+](C)(C)C)ccc(c34)C1=O)C2=O. The second-order valence-corrected chi connectivity index (χ2v) is 17.0. The molecular formula is C39H47N6O4S2+. The Labute approximate surface area is 307 Å². The van der Waals surface area contributed by atoms with Gasteiger partial charge in [0, 0.05) is 99.3 Å². The summed E-state index contributed by atoms with van der Waals surface area (Å²) in [5, 5.41) is 10.2. The summed E-state index contributed by atoms with van der Waals surface area (Å²) in [6.07, 6.45) is 1.97. The lowest BCUT2D eigenvalue weighted by Crippen LogP contribution is -2.42. The molecule has 4 aromatic rings. The molecule has 4 aromatic carbocycles. The van der Waals surface area contributed by atoms with Gasteiger partial charge in [-0.15, -0.1) is 0 Å². The van der Waals surface area contributed by atoms with Gasteiger partial charge in [0.05, 0.1) is 27.7 Å². The number of hydrogen-bond acceptors (Lipinski definition) is 9. The zero-order valence-corrected chi connectivity index (χ0v) is 31.7. The molecule has 0 aromatic heterocycles. The van der Waals surface area contributed by atoms with Crippen LogP contribution in [0.1, 0.15) is 54.3 Å². The van der Waals surface area contributed by atoms with Crippen LogP contribution in [0.5, 0.6) is 0 Å². The van der Waals surface area contributed by atoms with Crippen molar-refractivity contribution < 1.29 is 23.7 Å². The van der Waals surface area contributed by atoms with Gasteiger partial charge in [0.2, 0.25) is 0 Å². The van der Waals surface area contributed by atoms with E-state index >= 15 is 0 Å². The number of carbonyl (C=O) groups excluding carboxylic acids is 4. The summed E-state index contributed by atoms with van der Waals surface area (Å²) in [7, 11) is 13.6. The number of carbonyl (C=O) groups is 4. The predicted molar refractivity (Wildman–Crippen MR) is 211 cm³/mol. The third kappa shape index (κ3) is 7.89. The largest absolute Gasteiger partial charge is 0.384 e. The van der Waals surface area contributed by atoms with E-state index in [1.54, 1.807) is 12.1 Å². The van der Waals surface area contributed by atoms with Crippen LogP contribution in [0.2, 0.25) is 0 Å². The average Bonchev–Trinajstić information content (AvgIpc) is 3.10. The number of anilines is 2. The molecule has 4 amide bonds. The van der Waals surface area contributed by atoms with Crippen LogP contribution in [0.4, 0.5) is 11.4 Å². The Balaban J connectivity index is 1.02. The van der Waals surface area contributed by atoms with E-state index in [4.69, 9.17) is 0 Å². The zero-order valence-electron chi connectivity index (χ0n) is 30.1. The van der Waals surface area contributed by atoms with Crippen LogP contribution < -0.4 is 10.6 Å². The van der Waals surface area contributed by atoms with Gasteiger partial charge >= 0.3 is 0 Å². The highest BCUT2D eigenvalue weighted by Crippen LogP contribution is 2.36. The molecule has 2 N–H and O–H groups in total. The van der Waals surface area contributed by atoms with E-state index in [-0.39, 0.29) is 36.7 Å². The van der Waals surface area contributed by atoms with Crippen molar-refractivity contribution in [2.75, 3.05) is 96.6 Å². The van der Waals surface area contributed by atoms with Gasteiger partial charge in [0.15, 0.2) is 0 Å². The van der Waals surface area contributed by atoms with Crippen molar-refractivity contribution >= 4 is 78.1 Å². The number of hydrogen-bond donors (Lipinski definition) is 2. The number of imide groups is 2. The van der Waals surface area contributed by atoms with Crippen molar-refractivity contribution in [2.45, 2.75) is 12.8 Å². The summed E-state index contributed by atoms with van der Waals surface area (Å²) in [4.78, 5) is 59.0. The molecule has 268 valence electrons. The van der Waals surface area contributed by atoms with E-state index in [0.717, 1.165) is 65.7 Å². The summed E-state index contributed by atoms with van der Waals surface area (Å²) in [5.74, 6) is -0.0895. The van der Waals surface area contributed by atoms with Crippen molar-refractivity contribution in [2.24, 2.45) is 0 Å². The molecule has 2 aliphatic rings. The highest BCUT2D eigenvalue weighted by molar-refractivity contribution is 8.76. The summed E-state index contributed by atoms with van der Waals surface area (Å²) >= 11 is 0. The molecule has 0 atom stereocenters. The first-order chi connectivity index (χ1) is 24.5.